The van der Waals surface area contributed by atoms with E-state index in [1.165, 1.54) is 5.69 Å². The predicted molar refractivity (Wildman–Crippen MR) is 63.6 cm³/mol. The highest BCUT2D eigenvalue weighted by Crippen LogP contribution is 2.14. The van der Waals surface area contributed by atoms with E-state index in [0.717, 1.165) is 38.6 Å². The van der Waals surface area contributed by atoms with E-state index >= 15 is 0 Å². The van der Waals surface area contributed by atoms with Gasteiger partial charge in [0, 0.05) is 56.7 Å². The highest BCUT2D eigenvalue weighted by atomic mass is 35.5. The van der Waals surface area contributed by atoms with Crippen LogP contribution < -0.4 is 4.90 Å². The molecule has 15 heavy (non-hydrogen) atoms. The largest absolute Gasteiger partial charge is 0.369 e. The van der Waals surface area contributed by atoms with Crippen LogP contribution in [-0.4, -0.2) is 48.5 Å². The molecule has 0 spiro atoms. The molecule has 0 aromatic carbocycles. The van der Waals surface area contributed by atoms with E-state index in [4.69, 9.17) is 11.6 Å². The van der Waals surface area contributed by atoms with Gasteiger partial charge < -0.3 is 4.90 Å². The normalized spacial score (nSPS) is 18.1. The first kappa shape index (κ1) is 10.7. The second kappa shape index (κ2) is 5.33. The first-order chi connectivity index (χ1) is 7.40. The Bertz CT molecular complexity index is 283. The quantitative estimate of drug-likeness (QED) is 0.726. The maximum Gasteiger partial charge on any atom is 0.0397 e. The topological polar surface area (TPSA) is 19.4 Å². The molecule has 0 radical (unpaired) electrons. The fourth-order valence-electron chi connectivity index (χ4n) is 1.90. The van der Waals surface area contributed by atoms with Crippen molar-refractivity contribution in [3.63, 3.8) is 0 Å². The van der Waals surface area contributed by atoms with Crippen LogP contribution in [-0.2, 0) is 0 Å². The molecule has 1 aliphatic heterocycles. The molecule has 1 saturated heterocycles. The summed E-state index contributed by atoms with van der Waals surface area (Å²) in [7, 11) is 0. The number of hydrogen-bond acceptors (Lipinski definition) is 3. The lowest BCUT2D eigenvalue weighted by Crippen LogP contribution is -2.46. The predicted octanol–water partition coefficient (Wildman–Crippen LogP) is 1.44. The number of halogens is 1. The summed E-state index contributed by atoms with van der Waals surface area (Å²) in [6, 6.07) is 4.13. The fraction of sp³-hybridized carbons (Fsp3) is 0.545. The molecule has 0 saturated carbocycles. The molecule has 4 heteroatoms. The summed E-state index contributed by atoms with van der Waals surface area (Å²) >= 11 is 5.72. The molecule has 0 atom stereocenters. The molecule has 1 aliphatic rings. The van der Waals surface area contributed by atoms with Crippen molar-refractivity contribution in [1.29, 1.82) is 0 Å². The summed E-state index contributed by atoms with van der Waals surface area (Å²) in [5.74, 6) is 0.731. The van der Waals surface area contributed by atoms with E-state index in [2.05, 4.69) is 26.9 Å². The highest BCUT2D eigenvalue weighted by Gasteiger charge is 2.15. The van der Waals surface area contributed by atoms with Crippen LogP contribution in [0.3, 0.4) is 0 Å². The number of anilines is 1. The number of aromatic nitrogens is 1. The Morgan fingerprint density at radius 3 is 2.40 bits per heavy atom. The first-order valence-electron chi connectivity index (χ1n) is 5.33. The number of rotatable bonds is 3. The summed E-state index contributed by atoms with van der Waals surface area (Å²) in [4.78, 5) is 8.83. The van der Waals surface area contributed by atoms with Crippen molar-refractivity contribution in [3.8, 4) is 0 Å². The minimum atomic E-state index is 0.731. The standard InChI is InChI=1S/C11H16ClN3/c12-3-6-14-7-9-15(10-8-14)11-1-4-13-5-2-11/h1-2,4-5H,3,6-10H2. The van der Waals surface area contributed by atoms with Gasteiger partial charge in [0.05, 0.1) is 0 Å². The van der Waals surface area contributed by atoms with Crippen molar-refractivity contribution in [2.75, 3.05) is 43.5 Å². The minimum absolute atomic E-state index is 0.731. The van der Waals surface area contributed by atoms with E-state index in [0.29, 0.717) is 0 Å². The smallest absolute Gasteiger partial charge is 0.0397 e. The zero-order valence-corrected chi connectivity index (χ0v) is 9.53. The van der Waals surface area contributed by atoms with Crippen molar-refractivity contribution in [2.24, 2.45) is 0 Å². The van der Waals surface area contributed by atoms with Crippen molar-refractivity contribution in [2.45, 2.75) is 0 Å². The van der Waals surface area contributed by atoms with Gasteiger partial charge in [-0.3, -0.25) is 9.88 Å². The monoisotopic (exact) mass is 225 g/mol. The Morgan fingerprint density at radius 1 is 1.13 bits per heavy atom. The minimum Gasteiger partial charge on any atom is -0.369 e. The second-order valence-corrected chi connectivity index (χ2v) is 4.10. The first-order valence-corrected chi connectivity index (χ1v) is 5.87. The molecule has 3 nitrogen and oxygen atoms in total. The van der Waals surface area contributed by atoms with E-state index < -0.39 is 0 Å². The van der Waals surface area contributed by atoms with Gasteiger partial charge in [0.15, 0.2) is 0 Å². The SMILES string of the molecule is ClCCN1CCN(c2ccncc2)CC1. The van der Waals surface area contributed by atoms with Crippen LogP contribution in [0.15, 0.2) is 24.5 Å². The lowest BCUT2D eigenvalue weighted by Gasteiger charge is -2.35. The van der Waals surface area contributed by atoms with Gasteiger partial charge in [-0.1, -0.05) is 0 Å². The van der Waals surface area contributed by atoms with Crippen LogP contribution in [0.25, 0.3) is 0 Å². The molecule has 0 unspecified atom stereocenters. The van der Waals surface area contributed by atoms with E-state index in [9.17, 15) is 0 Å². The van der Waals surface area contributed by atoms with Crippen molar-refractivity contribution >= 4 is 17.3 Å². The Morgan fingerprint density at radius 2 is 1.80 bits per heavy atom. The van der Waals surface area contributed by atoms with Gasteiger partial charge in [-0.2, -0.15) is 0 Å². The molecule has 82 valence electrons. The number of nitrogens with zero attached hydrogens (tertiary/aromatic N) is 3. The van der Waals surface area contributed by atoms with Gasteiger partial charge in [-0.05, 0) is 12.1 Å². The number of pyridine rings is 1. The van der Waals surface area contributed by atoms with Crippen LogP contribution in [0, 0.1) is 0 Å². The average molecular weight is 226 g/mol. The summed E-state index contributed by atoms with van der Waals surface area (Å²) < 4.78 is 0. The van der Waals surface area contributed by atoms with Crippen LogP contribution in [0.5, 0.6) is 0 Å². The molecular weight excluding hydrogens is 210 g/mol. The van der Waals surface area contributed by atoms with Crippen LogP contribution >= 0.6 is 11.6 Å². The highest BCUT2D eigenvalue weighted by molar-refractivity contribution is 6.18. The van der Waals surface area contributed by atoms with Gasteiger partial charge in [-0.25, -0.2) is 0 Å². The van der Waals surface area contributed by atoms with Crippen LogP contribution in [0.1, 0.15) is 0 Å². The molecule has 1 fully saturated rings. The lowest BCUT2D eigenvalue weighted by atomic mass is 10.2. The van der Waals surface area contributed by atoms with Gasteiger partial charge >= 0.3 is 0 Å². The molecule has 1 aromatic rings. The van der Waals surface area contributed by atoms with Crippen molar-refractivity contribution < 1.29 is 0 Å². The average Bonchev–Trinajstić information content (AvgIpc) is 2.32. The van der Waals surface area contributed by atoms with Crippen LogP contribution in [0.4, 0.5) is 5.69 Å². The number of alkyl halides is 1. The van der Waals surface area contributed by atoms with Crippen LogP contribution in [0.2, 0.25) is 0 Å². The third kappa shape index (κ3) is 2.83. The zero-order valence-electron chi connectivity index (χ0n) is 8.77. The van der Waals surface area contributed by atoms with Crippen molar-refractivity contribution in [1.82, 2.24) is 9.88 Å². The second-order valence-electron chi connectivity index (χ2n) is 3.72. The van der Waals surface area contributed by atoms with Gasteiger partial charge in [-0.15, -0.1) is 11.6 Å². The lowest BCUT2D eigenvalue weighted by molar-refractivity contribution is 0.272. The molecular formula is C11H16ClN3. The van der Waals surface area contributed by atoms with Gasteiger partial charge in [0.2, 0.25) is 0 Å². The number of hydrogen-bond donors (Lipinski definition) is 0. The van der Waals surface area contributed by atoms with Gasteiger partial charge in [0.25, 0.3) is 0 Å². The third-order valence-corrected chi connectivity index (χ3v) is 2.97. The summed E-state index contributed by atoms with van der Waals surface area (Å²) in [5, 5.41) is 0. The van der Waals surface area contributed by atoms with Crippen molar-refractivity contribution in [3.05, 3.63) is 24.5 Å². The van der Waals surface area contributed by atoms with E-state index in [1.807, 2.05) is 12.4 Å². The van der Waals surface area contributed by atoms with E-state index in [-0.39, 0.29) is 0 Å². The van der Waals surface area contributed by atoms with Gasteiger partial charge in [0.1, 0.15) is 0 Å². The Labute approximate surface area is 95.7 Å². The molecule has 0 aliphatic carbocycles. The summed E-state index contributed by atoms with van der Waals surface area (Å²) in [5.41, 5.74) is 1.27. The number of piperazine rings is 1. The molecule has 1 aromatic heterocycles. The Balaban J connectivity index is 1.88. The van der Waals surface area contributed by atoms with E-state index in [1.54, 1.807) is 0 Å². The summed E-state index contributed by atoms with van der Waals surface area (Å²) in [6.45, 7) is 5.39. The Kier molecular flexibility index (Phi) is 3.80. The molecule has 0 amide bonds. The zero-order chi connectivity index (χ0) is 10.5. The maximum atomic E-state index is 5.72. The maximum absolute atomic E-state index is 5.72. The molecule has 2 rings (SSSR count). The molecule has 0 bridgehead atoms. The Hall–Kier alpha value is -0.800. The molecule has 2 heterocycles. The molecule has 0 N–H and O–H groups in total. The third-order valence-electron chi connectivity index (χ3n) is 2.80. The summed E-state index contributed by atoms with van der Waals surface area (Å²) in [6.07, 6.45) is 3.70. The fourth-order valence-corrected chi connectivity index (χ4v) is 2.14.